The van der Waals surface area contributed by atoms with Crippen LogP contribution in [-0.4, -0.2) is 24.7 Å². The van der Waals surface area contributed by atoms with Gasteiger partial charge in [-0.1, -0.05) is 6.07 Å². The van der Waals surface area contributed by atoms with Gasteiger partial charge in [-0.05, 0) is 24.5 Å². The Bertz CT molecular complexity index is 434. The van der Waals surface area contributed by atoms with Gasteiger partial charge in [0.25, 0.3) is 0 Å². The summed E-state index contributed by atoms with van der Waals surface area (Å²) in [5.74, 6) is -0.206. The minimum Gasteiger partial charge on any atom is -0.294 e. The summed E-state index contributed by atoms with van der Waals surface area (Å²) in [5.41, 5.74) is 0.830. The number of carbonyl (C=O) groups is 2. The van der Waals surface area contributed by atoms with Gasteiger partial charge >= 0.3 is 6.03 Å². The maximum absolute atomic E-state index is 11.6. The first-order valence-electron chi connectivity index (χ1n) is 4.96. The van der Waals surface area contributed by atoms with Gasteiger partial charge in [0.05, 0.1) is 0 Å². The van der Waals surface area contributed by atoms with Gasteiger partial charge in [0.1, 0.15) is 0 Å². The number of thioether (sulfide) groups is 1. The molecule has 1 saturated heterocycles. The molecule has 5 heteroatoms. The van der Waals surface area contributed by atoms with E-state index in [1.54, 1.807) is 16.7 Å². The minimum absolute atomic E-state index is 0.206. The van der Waals surface area contributed by atoms with Crippen molar-refractivity contribution in [1.29, 1.82) is 0 Å². The molecular formula is C11H12N2O2S. The molecule has 0 saturated carbocycles. The Morgan fingerprint density at radius 2 is 2.19 bits per heavy atom. The van der Waals surface area contributed by atoms with Crippen molar-refractivity contribution in [2.75, 3.05) is 17.7 Å². The first-order chi connectivity index (χ1) is 7.70. The molecule has 1 aromatic carbocycles. The van der Waals surface area contributed by atoms with Crippen LogP contribution in [0.5, 0.6) is 0 Å². The first-order valence-corrected chi connectivity index (χ1v) is 6.18. The Morgan fingerprint density at radius 3 is 2.88 bits per heavy atom. The van der Waals surface area contributed by atoms with Gasteiger partial charge in [-0.15, -0.1) is 11.8 Å². The molecule has 84 valence electrons. The molecule has 0 aromatic heterocycles. The molecule has 0 spiro atoms. The molecule has 0 aliphatic carbocycles. The fourth-order valence-corrected chi connectivity index (χ4v) is 2.04. The number of benzene rings is 1. The molecule has 1 heterocycles. The van der Waals surface area contributed by atoms with Crippen molar-refractivity contribution >= 4 is 29.4 Å². The number of anilines is 1. The van der Waals surface area contributed by atoms with Crippen LogP contribution >= 0.6 is 11.8 Å². The molecule has 2 rings (SSSR count). The molecule has 3 amide bonds. The molecule has 0 unspecified atom stereocenters. The van der Waals surface area contributed by atoms with E-state index in [-0.39, 0.29) is 11.9 Å². The average Bonchev–Trinajstić information content (AvgIpc) is 2.29. The van der Waals surface area contributed by atoms with Gasteiger partial charge in [-0.25, -0.2) is 4.79 Å². The summed E-state index contributed by atoms with van der Waals surface area (Å²) in [4.78, 5) is 25.3. The lowest BCUT2D eigenvalue weighted by molar-refractivity contribution is -0.120. The number of nitrogens with zero attached hydrogens (tertiary/aromatic N) is 1. The van der Waals surface area contributed by atoms with Crippen molar-refractivity contribution in [2.45, 2.75) is 11.3 Å². The summed E-state index contributed by atoms with van der Waals surface area (Å²) in [6.07, 6.45) is 2.34. The van der Waals surface area contributed by atoms with E-state index >= 15 is 0 Å². The zero-order valence-corrected chi connectivity index (χ0v) is 9.71. The molecular weight excluding hydrogens is 224 g/mol. The fraction of sp³-hybridized carbons (Fsp3) is 0.273. The molecule has 1 aromatic rings. The highest BCUT2D eigenvalue weighted by Gasteiger charge is 2.23. The summed E-state index contributed by atoms with van der Waals surface area (Å²) in [7, 11) is 0. The molecule has 0 bridgehead atoms. The topological polar surface area (TPSA) is 49.4 Å². The summed E-state index contributed by atoms with van der Waals surface area (Å²) in [5, 5.41) is 2.31. The van der Waals surface area contributed by atoms with E-state index < -0.39 is 0 Å². The predicted molar refractivity (Wildman–Crippen MR) is 63.7 cm³/mol. The van der Waals surface area contributed by atoms with Crippen molar-refractivity contribution in [2.24, 2.45) is 0 Å². The quantitative estimate of drug-likeness (QED) is 0.797. The normalized spacial score (nSPS) is 16.2. The van der Waals surface area contributed by atoms with Crippen LogP contribution in [0.25, 0.3) is 0 Å². The number of hydrogen-bond donors (Lipinski definition) is 1. The lowest BCUT2D eigenvalue weighted by atomic mass is 10.2. The Labute approximate surface area is 98.0 Å². The second-order valence-electron chi connectivity index (χ2n) is 3.46. The highest BCUT2D eigenvalue weighted by Crippen LogP contribution is 2.23. The zero-order valence-electron chi connectivity index (χ0n) is 8.90. The number of amides is 3. The van der Waals surface area contributed by atoms with Crippen LogP contribution in [0.2, 0.25) is 0 Å². The fourth-order valence-electron chi connectivity index (χ4n) is 1.59. The van der Waals surface area contributed by atoms with Crippen LogP contribution in [-0.2, 0) is 4.79 Å². The number of nitrogens with one attached hydrogen (secondary N) is 1. The third-order valence-electron chi connectivity index (χ3n) is 2.42. The van der Waals surface area contributed by atoms with Crippen LogP contribution in [0.1, 0.15) is 6.42 Å². The van der Waals surface area contributed by atoms with E-state index in [1.165, 1.54) is 0 Å². The van der Waals surface area contributed by atoms with E-state index in [9.17, 15) is 9.59 Å². The Kier molecular flexibility index (Phi) is 3.14. The van der Waals surface area contributed by atoms with Crippen molar-refractivity contribution in [3.05, 3.63) is 24.3 Å². The molecule has 1 fully saturated rings. The molecule has 1 N–H and O–H groups in total. The Balaban J connectivity index is 2.23. The highest BCUT2D eigenvalue weighted by molar-refractivity contribution is 7.98. The molecule has 0 atom stereocenters. The zero-order chi connectivity index (χ0) is 11.5. The molecule has 16 heavy (non-hydrogen) atoms. The summed E-state index contributed by atoms with van der Waals surface area (Å²) in [6.45, 7) is 0.447. The summed E-state index contributed by atoms with van der Waals surface area (Å²) in [6, 6.07) is 7.37. The number of urea groups is 1. The highest BCUT2D eigenvalue weighted by atomic mass is 32.2. The number of imide groups is 1. The maximum atomic E-state index is 11.6. The van der Waals surface area contributed by atoms with Gasteiger partial charge in [0, 0.05) is 23.5 Å². The average molecular weight is 236 g/mol. The van der Waals surface area contributed by atoms with Crippen molar-refractivity contribution in [3.63, 3.8) is 0 Å². The monoisotopic (exact) mass is 236 g/mol. The van der Waals surface area contributed by atoms with Crippen LogP contribution < -0.4 is 10.2 Å². The van der Waals surface area contributed by atoms with Gasteiger partial charge in [-0.3, -0.25) is 15.0 Å². The van der Waals surface area contributed by atoms with E-state index in [0.29, 0.717) is 13.0 Å². The largest absolute Gasteiger partial charge is 0.328 e. The SMILES string of the molecule is CSc1cccc(N2CCC(=O)NC2=O)c1. The van der Waals surface area contributed by atoms with Crippen molar-refractivity contribution < 1.29 is 9.59 Å². The van der Waals surface area contributed by atoms with Gasteiger partial charge in [0.2, 0.25) is 5.91 Å². The van der Waals surface area contributed by atoms with E-state index in [0.717, 1.165) is 10.6 Å². The second kappa shape index (κ2) is 4.57. The van der Waals surface area contributed by atoms with Crippen molar-refractivity contribution in [1.82, 2.24) is 5.32 Å². The van der Waals surface area contributed by atoms with Gasteiger partial charge < -0.3 is 0 Å². The minimum atomic E-state index is -0.338. The molecule has 0 radical (unpaired) electrons. The summed E-state index contributed by atoms with van der Waals surface area (Å²) >= 11 is 1.62. The predicted octanol–water partition coefficient (Wildman–Crippen LogP) is 1.85. The molecule has 1 aliphatic rings. The van der Waals surface area contributed by atoms with Crippen LogP contribution in [0.4, 0.5) is 10.5 Å². The van der Waals surface area contributed by atoms with Crippen LogP contribution in [0.15, 0.2) is 29.2 Å². The Hall–Kier alpha value is -1.49. The maximum Gasteiger partial charge on any atom is 0.328 e. The van der Waals surface area contributed by atoms with Crippen molar-refractivity contribution in [3.8, 4) is 0 Å². The number of carbonyl (C=O) groups excluding carboxylic acids is 2. The number of hydrogen-bond acceptors (Lipinski definition) is 3. The summed E-state index contributed by atoms with van der Waals surface area (Å²) < 4.78 is 0. The third-order valence-corrected chi connectivity index (χ3v) is 3.14. The van der Waals surface area contributed by atoms with E-state index in [2.05, 4.69) is 5.32 Å². The standard InChI is InChI=1S/C11H12N2O2S/c1-16-9-4-2-3-8(7-9)13-6-5-10(14)12-11(13)15/h2-4,7H,5-6H2,1H3,(H,12,14,15). The molecule has 4 nitrogen and oxygen atoms in total. The van der Waals surface area contributed by atoms with E-state index in [4.69, 9.17) is 0 Å². The smallest absolute Gasteiger partial charge is 0.294 e. The Morgan fingerprint density at radius 1 is 1.38 bits per heavy atom. The van der Waals surface area contributed by atoms with Gasteiger partial charge in [-0.2, -0.15) is 0 Å². The number of rotatable bonds is 2. The lowest BCUT2D eigenvalue weighted by Gasteiger charge is -2.26. The lowest BCUT2D eigenvalue weighted by Crippen LogP contribution is -2.49. The van der Waals surface area contributed by atoms with Crippen LogP contribution in [0, 0.1) is 0 Å². The first kappa shape index (κ1) is 11.0. The van der Waals surface area contributed by atoms with Gasteiger partial charge in [0.15, 0.2) is 0 Å². The third kappa shape index (κ3) is 2.19. The van der Waals surface area contributed by atoms with E-state index in [1.807, 2.05) is 30.5 Å². The second-order valence-corrected chi connectivity index (χ2v) is 4.34. The van der Waals surface area contributed by atoms with Crippen LogP contribution in [0.3, 0.4) is 0 Å². The molecule has 1 aliphatic heterocycles.